The zero-order valence-corrected chi connectivity index (χ0v) is 38.6. The van der Waals surface area contributed by atoms with E-state index in [2.05, 4.69) is 81.5 Å². The van der Waals surface area contributed by atoms with Crippen LogP contribution in [0.25, 0.3) is 0 Å². The number of unbranched alkanes of at least 4 members (excludes halogenated alkanes) is 24. The molecule has 0 aliphatic heterocycles. The highest BCUT2D eigenvalue weighted by Crippen LogP contribution is 2.15. The first-order valence-electron chi connectivity index (χ1n) is 24.8. The molecule has 1 atom stereocenters. The first-order valence-corrected chi connectivity index (χ1v) is 24.8. The van der Waals surface area contributed by atoms with Crippen LogP contribution in [0.1, 0.15) is 239 Å². The van der Waals surface area contributed by atoms with Gasteiger partial charge in [0.05, 0.1) is 6.61 Å². The van der Waals surface area contributed by atoms with Gasteiger partial charge in [-0.05, 0) is 77.0 Å². The van der Waals surface area contributed by atoms with Crippen molar-refractivity contribution in [3.63, 3.8) is 0 Å². The van der Waals surface area contributed by atoms with Crippen LogP contribution in [0.3, 0.4) is 0 Å². The van der Waals surface area contributed by atoms with Crippen molar-refractivity contribution in [1.82, 2.24) is 0 Å². The van der Waals surface area contributed by atoms with Crippen LogP contribution in [-0.4, -0.2) is 37.9 Å². The molecule has 0 amide bonds. The zero-order chi connectivity index (χ0) is 42.1. The molecule has 0 saturated carbocycles. The maximum Gasteiger partial charge on any atom is 0.306 e. The number of hydrogen-bond donors (Lipinski definition) is 0. The summed E-state index contributed by atoms with van der Waals surface area (Å²) >= 11 is 0. The summed E-state index contributed by atoms with van der Waals surface area (Å²) in [6, 6.07) is 0. The van der Waals surface area contributed by atoms with Crippen molar-refractivity contribution in [3.8, 4) is 0 Å². The third kappa shape index (κ3) is 46.3. The molecule has 5 nitrogen and oxygen atoms in total. The number of carbonyl (C=O) groups excluding carboxylic acids is 2. The highest BCUT2D eigenvalue weighted by Gasteiger charge is 2.17. The van der Waals surface area contributed by atoms with Crippen molar-refractivity contribution in [2.24, 2.45) is 0 Å². The third-order valence-corrected chi connectivity index (χ3v) is 10.5. The second-order valence-corrected chi connectivity index (χ2v) is 16.3. The van der Waals surface area contributed by atoms with Gasteiger partial charge in [0.2, 0.25) is 0 Å². The van der Waals surface area contributed by atoms with Gasteiger partial charge in [-0.3, -0.25) is 9.59 Å². The highest BCUT2D eigenvalue weighted by molar-refractivity contribution is 5.70. The third-order valence-electron chi connectivity index (χ3n) is 10.5. The standard InChI is InChI=1S/C53H94O5/c1-4-7-10-13-16-19-22-25-27-29-31-34-37-40-43-46-52(54)57-50-51(49-56-48-45-42-39-36-33-30-26-23-20-17-14-11-8-5-2)58-53(55)47-44-41-38-35-32-28-24-21-18-15-12-9-6-3/h9,11-12,14,18,20-21,23,28,32,51H,4-8,10,13,15-17,19,22,24-27,29-31,33-50H2,1-3H3/b12-9-,14-11-,21-18-,23-20-,32-28-. The molecule has 58 heavy (non-hydrogen) atoms. The Bertz CT molecular complexity index is 1010. The molecule has 0 radical (unpaired) electrons. The fraction of sp³-hybridized carbons (Fsp3) is 0.774. The van der Waals surface area contributed by atoms with E-state index in [1.54, 1.807) is 0 Å². The first kappa shape index (κ1) is 55.6. The second-order valence-electron chi connectivity index (χ2n) is 16.3. The molecule has 0 rings (SSSR count). The van der Waals surface area contributed by atoms with E-state index < -0.39 is 6.10 Å². The average Bonchev–Trinajstić information content (AvgIpc) is 3.22. The summed E-state index contributed by atoms with van der Waals surface area (Å²) in [6.07, 6.45) is 60.8. The van der Waals surface area contributed by atoms with Gasteiger partial charge in [-0.1, -0.05) is 210 Å². The lowest BCUT2D eigenvalue weighted by Crippen LogP contribution is -2.30. The number of esters is 2. The number of allylic oxidation sites excluding steroid dienone is 10. The van der Waals surface area contributed by atoms with Crippen LogP contribution in [0.15, 0.2) is 60.8 Å². The molecule has 0 heterocycles. The largest absolute Gasteiger partial charge is 0.462 e. The summed E-state index contributed by atoms with van der Waals surface area (Å²) in [7, 11) is 0. The van der Waals surface area contributed by atoms with Crippen molar-refractivity contribution >= 4 is 11.9 Å². The molecule has 0 bridgehead atoms. The van der Waals surface area contributed by atoms with Crippen molar-refractivity contribution in [2.45, 2.75) is 245 Å². The Labute approximate surface area is 360 Å². The summed E-state index contributed by atoms with van der Waals surface area (Å²) in [5, 5.41) is 0. The van der Waals surface area contributed by atoms with E-state index in [1.165, 1.54) is 128 Å². The van der Waals surface area contributed by atoms with Gasteiger partial charge in [-0.2, -0.15) is 0 Å². The number of carbonyl (C=O) groups is 2. The molecular weight excluding hydrogens is 717 g/mol. The number of ether oxygens (including phenoxy) is 3. The quantitative estimate of drug-likeness (QED) is 0.0348. The Morgan fingerprint density at radius 1 is 0.397 bits per heavy atom. The zero-order valence-electron chi connectivity index (χ0n) is 38.6. The molecular formula is C53H94O5. The smallest absolute Gasteiger partial charge is 0.306 e. The van der Waals surface area contributed by atoms with Crippen LogP contribution < -0.4 is 0 Å². The average molecular weight is 811 g/mol. The summed E-state index contributed by atoms with van der Waals surface area (Å²) in [5.74, 6) is -0.431. The summed E-state index contributed by atoms with van der Waals surface area (Å²) in [5.41, 5.74) is 0. The fourth-order valence-corrected chi connectivity index (χ4v) is 6.86. The second kappa shape index (κ2) is 49.0. The minimum absolute atomic E-state index is 0.0704. The van der Waals surface area contributed by atoms with Crippen molar-refractivity contribution in [1.29, 1.82) is 0 Å². The molecule has 0 aliphatic carbocycles. The minimum atomic E-state index is -0.554. The number of rotatable bonds is 45. The molecule has 0 N–H and O–H groups in total. The van der Waals surface area contributed by atoms with E-state index in [-0.39, 0.29) is 25.2 Å². The van der Waals surface area contributed by atoms with Crippen molar-refractivity contribution in [3.05, 3.63) is 60.8 Å². The Morgan fingerprint density at radius 2 is 0.810 bits per heavy atom. The van der Waals surface area contributed by atoms with Crippen LogP contribution in [0.5, 0.6) is 0 Å². The molecule has 0 aromatic heterocycles. The molecule has 1 unspecified atom stereocenters. The Hall–Kier alpha value is -2.40. The normalized spacial score (nSPS) is 12.7. The van der Waals surface area contributed by atoms with Crippen LogP contribution in [0, 0.1) is 0 Å². The molecule has 0 aliphatic rings. The Morgan fingerprint density at radius 3 is 1.33 bits per heavy atom. The van der Waals surface area contributed by atoms with E-state index >= 15 is 0 Å². The van der Waals surface area contributed by atoms with Crippen LogP contribution in [0.2, 0.25) is 0 Å². The van der Waals surface area contributed by atoms with Gasteiger partial charge in [0.1, 0.15) is 6.61 Å². The van der Waals surface area contributed by atoms with E-state index in [9.17, 15) is 9.59 Å². The molecule has 0 aromatic rings. The van der Waals surface area contributed by atoms with Crippen LogP contribution in [0.4, 0.5) is 0 Å². The van der Waals surface area contributed by atoms with Crippen molar-refractivity contribution in [2.75, 3.05) is 19.8 Å². The van der Waals surface area contributed by atoms with Gasteiger partial charge in [-0.15, -0.1) is 0 Å². The summed E-state index contributed by atoms with van der Waals surface area (Å²) < 4.78 is 17.3. The Balaban J connectivity index is 4.30. The number of hydrogen-bond acceptors (Lipinski definition) is 5. The summed E-state index contributed by atoms with van der Waals surface area (Å²) in [4.78, 5) is 25.3. The van der Waals surface area contributed by atoms with Gasteiger partial charge >= 0.3 is 11.9 Å². The maximum atomic E-state index is 12.7. The van der Waals surface area contributed by atoms with E-state index in [1.807, 2.05) is 0 Å². The fourth-order valence-electron chi connectivity index (χ4n) is 6.86. The lowest BCUT2D eigenvalue weighted by atomic mass is 10.0. The molecule has 0 fully saturated rings. The molecule has 0 spiro atoms. The highest BCUT2D eigenvalue weighted by atomic mass is 16.6. The minimum Gasteiger partial charge on any atom is -0.462 e. The summed E-state index contributed by atoms with van der Waals surface area (Å²) in [6.45, 7) is 7.62. The molecule has 5 heteroatoms. The Kier molecular flexibility index (Phi) is 46.9. The lowest BCUT2D eigenvalue weighted by molar-refractivity contribution is -0.163. The van der Waals surface area contributed by atoms with E-state index in [0.717, 1.165) is 77.0 Å². The van der Waals surface area contributed by atoms with Gasteiger partial charge in [0.15, 0.2) is 6.10 Å². The molecule has 336 valence electrons. The molecule has 0 saturated heterocycles. The van der Waals surface area contributed by atoms with E-state index in [0.29, 0.717) is 19.4 Å². The predicted octanol–water partition coefficient (Wildman–Crippen LogP) is 16.6. The maximum absolute atomic E-state index is 12.7. The topological polar surface area (TPSA) is 61.8 Å². The lowest BCUT2D eigenvalue weighted by Gasteiger charge is -2.18. The SMILES string of the molecule is CC/C=C\C/C=C\C/C=C\CCCCCC(=O)OC(COCCCCCCCC/C=C\C/C=C\CCC)COC(=O)CCCCCCCCCCCCCCCCC. The predicted molar refractivity (Wildman–Crippen MR) is 251 cm³/mol. The van der Waals surface area contributed by atoms with Gasteiger partial charge in [-0.25, -0.2) is 0 Å². The van der Waals surface area contributed by atoms with Gasteiger partial charge in [0, 0.05) is 19.4 Å². The van der Waals surface area contributed by atoms with Crippen LogP contribution >= 0.6 is 0 Å². The first-order chi connectivity index (χ1) is 28.6. The van der Waals surface area contributed by atoms with Crippen LogP contribution in [-0.2, 0) is 23.8 Å². The monoisotopic (exact) mass is 811 g/mol. The van der Waals surface area contributed by atoms with Gasteiger partial charge < -0.3 is 14.2 Å². The van der Waals surface area contributed by atoms with Gasteiger partial charge in [0.25, 0.3) is 0 Å². The molecule has 0 aromatic carbocycles. The van der Waals surface area contributed by atoms with Crippen molar-refractivity contribution < 1.29 is 23.8 Å². The van der Waals surface area contributed by atoms with E-state index in [4.69, 9.17) is 14.2 Å².